The minimum Gasteiger partial charge on any atom is -0.485 e. The molecule has 0 bridgehead atoms. The number of rotatable bonds is 10. The molecule has 4 aromatic rings. The first-order valence-electron chi connectivity index (χ1n) is 12.4. The van der Waals surface area contributed by atoms with Crippen LogP contribution in [0.4, 0.5) is 8.78 Å². The fourth-order valence-corrected chi connectivity index (χ4v) is 4.25. The van der Waals surface area contributed by atoms with Crippen LogP contribution < -0.4 is 10.1 Å². The second kappa shape index (κ2) is 12.3. The molecule has 1 unspecified atom stereocenters. The zero-order chi connectivity index (χ0) is 28.1. The van der Waals surface area contributed by atoms with Crippen molar-refractivity contribution in [3.8, 4) is 5.75 Å². The Kier molecular flexibility index (Phi) is 8.81. The van der Waals surface area contributed by atoms with Crippen molar-refractivity contribution in [2.24, 2.45) is 5.92 Å². The van der Waals surface area contributed by atoms with Crippen LogP contribution in [0.15, 0.2) is 60.8 Å². The van der Waals surface area contributed by atoms with Crippen LogP contribution in [0.25, 0.3) is 5.65 Å². The summed E-state index contributed by atoms with van der Waals surface area (Å²) in [5, 5.41) is 3.15. The monoisotopic (exact) mass is 555 g/mol. The van der Waals surface area contributed by atoms with E-state index in [2.05, 4.69) is 10.3 Å². The van der Waals surface area contributed by atoms with Crippen LogP contribution in [0.3, 0.4) is 0 Å². The van der Waals surface area contributed by atoms with Crippen molar-refractivity contribution < 1.29 is 27.8 Å². The van der Waals surface area contributed by atoms with Gasteiger partial charge in [-0.25, -0.2) is 13.8 Å². The molecule has 0 fully saturated rings. The second-order valence-electron chi connectivity index (χ2n) is 9.34. The Balaban J connectivity index is 1.44. The van der Waals surface area contributed by atoms with Gasteiger partial charge in [0, 0.05) is 18.3 Å². The van der Waals surface area contributed by atoms with E-state index in [-0.39, 0.29) is 58.6 Å². The zero-order valence-corrected chi connectivity index (χ0v) is 22.5. The third-order valence-electron chi connectivity index (χ3n) is 6.42. The first-order valence-corrected chi connectivity index (χ1v) is 12.8. The molecule has 2 atom stereocenters. The molecule has 1 amide bonds. The maximum Gasteiger partial charge on any atom is 0.306 e. The van der Waals surface area contributed by atoms with Gasteiger partial charge in [0.25, 0.3) is 5.91 Å². The SMILES string of the molecule is Cc1nc2c(OCc3c(F)cccc3F)cc(Cl)cn2c1C(=O)NC(C)[C@H](C)CC(=O)OCc1ccccc1. The quantitative estimate of drug-likeness (QED) is 0.241. The van der Waals surface area contributed by atoms with Gasteiger partial charge in [0.05, 0.1) is 22.7 Å². The predicted molar refractivity (Wildman–Crippen MR) is 143 cm³/mol. The van der Waals surface area contributed by atoms with Gasteiger partial charge >= 0.3 is 5.97 Å². The molecule has 0 saturated carbocycles. The van der Waals surface area contributed by atoms with Crippen LogP contribution in [0.2, 0.25) is 5.02 Å². The molecular weight excluding hydrogens is 528 g/mol. The van der Waals surface area contributed by atoms with Crippen LogP contribution >= 0.6 is 11.6 Å². The van der Waals surface area contributed by atoms with Crippen LogP contribution in [-0.2, 0) is 22.7 Å². The Morgan fingerprint density at radius 3 is 2.44 bits per heavy atom. The molecule has 0 aliphatic carbocycles. The average molecular weight is 556 g/mol. The molecule has 2 heterocycles. The fourth-order valence-electron chi connectivity index (χ4n) is 4.05. The molecule has 10 heteroatoms. The lowest BCUT2D eigenvalue weighted by Gasteiger charge is -2.21. The van der Waals surface area contributed by atoms with Gasteiger partial charge in [-0.05, 0) is 37.5 Å². The van der Waals surface area contributed by atoms with E-state index in [1.165, 1.54) is 22.7 Å². The lowest BCUT2D eigenvalue weighted by molar-refractivity contribution is -0.146. The number of nitrogens with zero attached hydrogens (tertiary/aromatic N) is 2. The normalized spacial score (nSPS) is 12.7. The van der Waals surface area contributed by atoms with Gasteiger partial charge in [-0.15, -0.1) is 0 Å². The first-order chi connectivity index (χ1) is 18.6. The van der Waals surface area contributed by atoms with Crippen molar-refractivity contribution in [3.63, 3.8) is 0 Å². The Labute approximate surface area is 229 Å². The van der Waals surface area contributed by atoms with Gasteiger partial charge in [-0.1, -0.05) is 54.9 Å². The number of carbonyl (C=O) groups is 2. The van der Waals surface area contributed by atoms with Crippen LogP contribution in [-0.4, -0.2) is 27.3 Å². The molecule has 0 saturated heterocycles. The zero-order valence-electron chi connectivity index (χ0n) is 21.7. The summed E-state index contributed by atoms with van der Waals surface area (Å²) in [5.74, 6) is -2.31. The van der Waals surface area contributed by atoms with E-state index >= 15 is 0 Å². The van der Waals surface area contributed by atoms with Crippen molar-refractivity contribution in [1.82, 2.24) is 14.7 Å². The maximum absolute atomic E-state index is 14.1. The summed E-state index contributed by atoms with van der Waals surface area (Å²) in [6.07, 6.45) is 1.63. The number of nitrogens with one attached hydrogen (secondary N) is 1. The van der Waals surface area contributed by atoms with E-state index < -0.39 is 24.1 Å². The number of benzene rings is 2. The summed E-state index contributed by atoms with van der Waals surface area (Å²) in [5.41, 5.74) is 1.55. The van der Waals surface area contributed by atoms with Gasteiger partial charge in [0.1, 0.15) is 30.5 Å². The molecule has 39 heavy (non-hydrogen) atoms. The Morgan fingerprint density at radius 2 is 1.74 bits per heavy atom. The summed E-state index contributed by atoms with van der Waals surface area (Å²) in [6, 6.07) is 14.0. The van der Waals surface area contributed by atoms with Crippen molar-refractivity contribution in [2.45, 2.75) is 46.4 Å². The number of esters is 1. The predicted octanol–water partition coefficient (Wildman–Crippen LogP) is 6.04. The van der Waals surface area contributed by atoms with Gasteiger partial charge < -0.3 is 14.8 Å². The number of carbonyl (C=O) groups excluding carboxylic acids is 2. The topological polar surface area (TPSA) is 81.9 Å². The molecule has 7 nitrogen and oxygen atoms in total. The van der Waals surface area contributed by atoms with E-state index in [1.54, 1.807) is 13.8 Å². The van der Waals surface area contributed by atoms with Crippen LogP contribution in [0.1, 0.15) is 47.6 Å². The molecule has 0 spiro atoms. The van der Waals surface area contributed by atoms with Gasteiger partial charge in [-0.2, -0.15) is 0 Å². The van der Waals surface area contributed by atoms with Gasteiger partial charge in [0.15, 0.2) is 11.4 Å². The number of halogens is 3. The van der Waals surface area contributed by atoms with E-state index in [9.17, 15) is 18.4 Å². The number of imidazole rings is 1. The molecule has 0 aliphatic rings. The lowest BCUT2D eigenvalue weighted by Crippen LogP contribution is -2.38. The van der Waals surface area contributed by atoms with E-state index in [0.717, 1.165) is 17.7 Å². The fraction of sp³-hybridized carbons (Fsp3) is 0.276. The smallest absolute Gasteiger partial charge is 0.306 e. The Bertz CT molecular complexity index is 1470. The number of fused-ring (bicyclic) bond motifs is 1. The Hall–Kier alpha value is -3.98. The Morgan fingerprint density at radius 1 is 1.05 bits per heavy atom. The molecule has 4 rings (SSSR count). The molecule has 2 aromatic heterocycles. The van der Waals surface area contributed by atoms with Gasteiger partial charge in [-0.3, -0.25) is 14.0 Å². The lowest BCUT2D eigenvalue weighted by atomic mass is 9.99. The van der Waals surface area contributed by atoms with E-state index in [0.29, 0.717) is 5.69 Å². The van der Waals surface area contributed by atoms with E-state index in [4.69, 9.17) is 21.1 Å². The number of aromatic nitrogens is 2. The molecule has 2 aromatic carbocycles. The van der Waals surface area contributed by atoms with Crippen molar-refractivity contribution >= 4 is 29.1 Å². The van der Waals surface area contributed by atoms with Gasteiger partial charge in [0.2, 0.25) is 0 Å². The standard InChI is InChI=1S/C29H28ClF2N3O4/c1-17(12-26(36)39-15-20-8-5-4-6-9-20)18(2)34-29(37)27-19(3)33-28-25(13-21(30)14-35(27)28)38-16-22-23(31)10-7-11-24(22)32/h4-11,13-14,17-18H,12,15-16H2,1-3H3,(H,34,37)/t17-,18?/m1/s1. The summed E-state index contributed by atoms with van der Waals surface area (Å²) in [6.45, 7) is 5.10. The molecular formula is C29H28ClF2N3O4. The van der Waals surface area contributed by atoms with E-state index in [1.807, 2.05) is 37.3 Å². The highest BCUT2D eigenvalue weighted by atomic mass is 35.5. The highest BCUT2D eigenvalue weighted by Crippen LogP contribution is 2.28. The molecule has 204 valence electrons. The van der Waals surface area contributed by atoms with Crippen molar-refractivity contribution in [3.05, 3.63) is 100.0 Å². The minimum atomic E-state index is -0.736. The highest BCUT2D eigenvalue weighted by Gasteiger charge is 2.24. The summed E-state index contributed by atoms with van der Waals surface area (Å²) in [7, 11) is 0. The largest absolute Gasteiger partial charge is 0.485 e. The molecule has 0 aliphatic heterocycles. The average Bonchev–Trinajstić information content (AvgIpc) is 3.23. The minimum absolute atomic E-state index is 0.122. The number of hydrogen-bond acceptors (Lipinski definition) is 5. The summed E-state index contributed by atoms with van der Waals surface area (Å²) >= 11 is 6.28. The van der Waals surface area contributed by atoms with Crippen molar-refractivity contribution in [1.29, 1.82) is 0 Å². The van der Waals surface area contributed by atoms with Crippen LogP contribution in [0, 0.1) is 24.5 Å². The number of aryl methyl sites for hydroxylation is 1. The molecule has 0 radical (unpaired) electrons. The second-order valence-corrected chi connectivity index (χ2v) is 9.78. The number of amides is 1. The van der Waals surface area contributed by atoms with Crippen molar-refractivity contribution in [2.75, 3.05) is 0 Å². The number of ether oxygens (including phenoxy) is 2. The molecule has 1 N–H and O–H groups in total. The third kappa shape index (κ3) is 6.72. The van der Waals surface area contributed by atoms with Crippen LogP contribution in [0.5, 0.6) is 5.75 Å². The summed E-state index contributed by atoms with van der Waals surface area (Å²) < 4.78 is 40.6. The third-order valence-corrected chi connectivity index (χ3v) is 6.63. The highest BCUT2D eigenvalue weighted by molar-refractivity contribution is 6.30. The maximum atomic E-state index is 14.1. The first kappa shape index (κ1) is 28.0. The summed E-state index contributed by atoms with van der Waals surface area (Å²) in [4.78, 5) is 30.0. The number of pyridine rings is 1. The number of hydrogen-bond donors (Lipinski definition) is 1.